The Morgan fingerprint density at radius 3 is 2.53 bits per heavy atom. The zero-order chi connectivity index (χ0) is 27.3. The molecule has 5 N–H and O–H groups in total. The standard InChI is InChI=1S/C24H23F4N7O3/c25-18-7-14(16-11-31-22(32-12-16)33-17(10-29)13-30-5-6-36)1-2-15(18)8-21(37)34-20-9-19(38-35-20)23(3-4-23)24(26,27)28/h1-2,7,9-13,36H,3-6,8,29H2,(H,31,32,33)(H,34,35,37). The molecule has 0 spiro atoms. The summed E-state index contributed by atoms with van der Waals surface area (Å²) in [5, 5.41) is 17.5. The van der Waals surface area contributed by atoms with E-state index in [1.165, 1.54) is 36.9 Å². The Labute approximate surface area is 213 Å². The summed E-state index contributed by atoms with van der Waals surface area (Å²) in [6, 6.07) is 5.26. The van der Waals surface area contributed by atoms with Gasteiger partial charge < -0.3 is 26.0 Å². The van der Waals surface area contributed by atoms with Crippen molar-refractivity contribution < 1.29 is 32.0 Å². The number of allylic oxidation sites excluding steroid dienone is 1. The van der Waals surface area contributed by atoms with Crippen LogP contribution in [-0.2, 0) is 16.6 Å². The maximum atomic E-state index is 14.7. The molecule has 0 bridgehead atoms. The van der Waals surface area contributed by atoms with E-state index in [1.54, 1.807) is 6.07 Å². The summed E-state index contributed by atoms with van der Waals surface area (Å²) in [6.07, 6.45) is 0.558. The number of hydrogen-bond acceptors (Lipinski definition) is 9. The predicted molar refractivity (Wildman–Crippen MR) is 130 cm³/mol. The van der Waals surface area contributed by atoms with E-state index in [1.807, 2.05) is 0 Å². The molecule has 0 aliphatic heterocycles. The summed E-state index contributed by atoms with van der Waals surface area (Å²) >= 11 is 0. The third kappa shape index (κ3) is 5.96. The second-order valence-corrected chi connectivity index (χ2v) is 8.49. The van der Waals surface area contributed by atoms with Crippen LogP contribution >= 0.6 is 0 Å². The molecule has 1 saturated carbocycles. The van der Waals surface area contributed by atoms with Gasteiger partial charge in [-0.1, -0.05) is 17.3 Å². The number of aliphatic imine (C=N–C) groups is 1. The van der Waals surface area contributed by atoms with Crippen LogP contribution in [0.15, 0.2) is 58.1 Å². The van der Waals surface area contributed by atoms with Crippen LogP contribution < -0.4 is 16.4 Å². The van der Waals surface area contributed by atoms with Crippen molar-refractivity contribution in [3.63, 3.8) is 0 Å². The van der Waals surface area contributed by atoms with Crippen LogP contribution in [0.1, 0.15) is 24.2 Å². The van der Waals surface area contributed by atoms with E-state index in [0.29, 0.717) is 16.8 Å². The number of nitrogens with zero attached hydrogens (tertiary/aromatic N) is 4. The molecule has 10 nitrogen and oxygen atoms in total. The monoisotopic (exact) mass is 533 g/mol. The Bertz CT molecular complexity index is 1350. The van der Waals surface area contributed by atoms with Gasteiger partial charge in [0.05, 0.1) is 25.3 Å². The fourth-order valence-electron chi connectivity index (χ4n) is 3.59. The lowest BCUT2D eigenvalue weighted by molar-refractivity contribution is -0.165. The first-order valence-corrected chi connectivity index (χ1v) is 11.4. The molecule has 200 valence electrons. The van der Waals surface area contributed by atoms with Gasteiger partial charge in [-0.05, 0) is 30.0 Å². The number of amides is 1. The molecule has 38 heavy (non-hydrogen) atoms. The van der Waals surface area contributed by atoms with E-state index in [-0.39, 0.29) is 55.5 Å². The zero-order valence-corrected chi connectivity index (χ0v) is 19.8. The number of nitrogens with one attached hydrogen (secondary N) is 2. The molecule has 0 atom stereocenters. The van der Waals surface area contributed by atoms with E-state index in [0.717, 1.165) is 6.07 Å². The minimum atomic E-state index is -4.47. The van der Waals surface area contributed by atoms with E-state index in [9.17, 15) is 22.4 Å². The van der Waals surface area contributed by atoms with E-state index >= 15 is 0 Å². The second kappa shape index (κ2) is 11.0. The SMILES string of the molecule is NC=C(C=NCCO)Nc1ncc(-c2ccc(CC(=O)Nc3cc(C4(C(F)(F)F)CC4)on3)c(F)c2)cn1. The summed E-state index contributed by atoms with van der Waals surface area (Å²) in [4.78, 5) is 24.6. The predicted octanol–water partition coefficient (Wildman–Crippen LogP) is 3.32. The van der Waals surface area contributed by atoms with Gasteiger partial charge in [-0.2, -0.15) is 13.2 Å². The first kappa shape index (κ1) is 26.7. The largest absolute Gasteiger partial charge is 0.403 e. The van der Waals surface area contributed by atoms with Crippen molar-refractivity contribution in [3.8, 4) is 11.1 Å². The second-order valence-electron chi connectivity index (χ2n) is 8.49. The van der Waals surface area contributed by atoms with Crippen molar-refractivity contribution in [3.05, 3.63) is 65.7 Å². The highest BCUT2D eigenvalue weighted by molar-refractivity contribution is 5.91. The lowest BCUT2D eigenvalue weighted by atomic mass is 10.0. The van der Waals surface area contributed by atoms with Gasteiger partial charge in [0.1, 0.15) is 11.2 Å². The molecular formula is C24H23F4N7O3. The highest BCUT2D eigenvalue weighted by atomic mass is 19.4. The molecule has 0 unspecified atom stereocenters. The molecule has 1 aliphatic carbocycles. The van der Waals surface area contributed by atoms with Crippen molar-refractivity contribution in [2.24, 2.45) is 10.7 Å². The molecule has 1 fully saturated rings. The number of aliphatic hydroxyl groups is 1. The first-order valence-electron chi connectivity index (χ1n) is 11.4. The lowest BCUT2D eigenvalue weighted by Crippen LogP contribution is -2.28. The topological polar surface area (TPSA) is 152 Å². The van der Waals surface area contributed by atoms with E-state index in [4.69, 9.17) is 15.4 Å². The summed E-state index contributed by atoms with van der Waals surface area (Å²) in [5.41, 5.74) is 4.91. The molecule has 1 amide bonds. The highest BCUT2D eigenvalue weighted by Crippen LogP contribution is 2.59. The fraction of sp³-hybridized carbons (Fsp3) is 0.292. The molecular weight excluding hydrogens is 510 g/mol. The molecule has 0 radical (unpaired) electrons. The summed E-state index contributed by atoms with van der Waals surface area (Å²) in [6.45, 7) is 0.111. The van der Waals surface area contributed by atoms with Gasteiger partial charge in [0, 0.05) is 36.4 Å². The van der Waals surface area contributed by atoms with E-state index < -0.39 is 23.3 Å². The Kier molecular flexibility index (Phi) is 7.71. The maximum Gasteiger partial charge on any atom is 0.401 e. The fourth-order valence-corrected chi connectivity index (χ4v) is 3.59. The normalized spacial score (nSPS) is 15.0. The van der Waals surface area contributed by atoms with Gasteiger partial charge >= 0.3 is 6.18 Å². The average molecular weight is 533 g/mol. The lowest BCUT2D eigenvalue weighted by Gasteiger charge is -2.14. The van der Waals surface area contributed by atoms with Crippen LogP contribution in [0.3, 0.4) is 0 Å². The number of benzene rings is 1. The molecule has 1 aliphatic rings. The Morgan fingerprint density at radius 1 is 1.18 bits per heavy atom. The Hall–Kier alpha value is -4.33. The minimum Gasteiger partial charge on any atom is -0.403 e. The van der Waals surface area contributed by atoms with Crippen LogP contribution in [0, 0.1) is 5.82 Å². The molecule has 2 heterocycles. The number of anilines is 2. The van der Waals surface area contributed by atoms with Crippen LogP contribution in [0.4, 0.5) is 29.3 Å². The number of aromatic nitrogens is 3. The van der Waals surface area contributed by atoms with Crippen molar-refractivity contribution in [2.75, 3.05) is 23.8 Å². The van der Waals surface area contributed by atoms with Gasteiger partial charge in [-0.3, -0.25) is 9.79 Å². The van der Waals surface area contributed by atoms with Crippen molar-refractivity contribution >= 4 is 23.9 Å². The van der Waals surface area contributed by atoms with Crippen LogP contribution in [0.2, 0.25) is 0 Å². The molecule has 1 aromatic carbocycles. The third-order valence-corrected chi connectivity index (χ3v) is 5.83. The number of rotatable bonds is 10. The van der Waals surface area contributed by atoms with Gasteiger partial charge in [0.15, 0.2) is 11.6 Å². The molecule has 2 aromatic heterocycles. The third-order valence-electron chi connectivity index (χ3n) is 5.83. The number of halogens is 4. The Morgan fingerprint density at radius 2 is 1.92 bits per heavy atom. The van der Waals surface area contributed by atoms with Crippen LogP contribution in [0.5, 0.6) is 0 Å². The van der Waals surface area contributed by atoms with Gasteiger partial charge in [0.2, 0.25) is 11.9 Å². The van der Waals surface area contributed by atoms with E-state index in [2.05, 4.69) is 30.8 Å². The number of aliphatic hydroxyl groups excluding tert-OH is 1. The quantitative estimate of drug-likeness (QED) is 0.229. The summed E-state index contributed by atoms with van der Waals surface area (Å²) < 4.78 is 59.2. The Balaban J connectivity index is 1.37. The van der Waals surface area contributed by atoms with Gasteiger partial charge in [0.25, 0.3) is 0 Å². The highest BCUT2D eigenvalue weighted by Gasteiger charge is 2.66. The zero-order valence-electron chi connectivity index (χ0n) is 19.8. The number of carbonyl (C=O) groups excluding carboxylic acids is 1. The number of hydrogen-bond donors (Lipinski definition) is 4. The van der Waals surface area contributed by atoms with Crippen LogP contribution in [0.25, 0.3) is 11.1 Å². The summed E-state index contributed by atoms with van der Waals surface area (Å²) in [7, 11) is 0. The average Bonchev–Trinajstić information content (AvgIpc) is 3.59. The smallest absolute Gasteiger partial charge is 0.401 e. The summed E-state index contributed by atoms with van der Waals surface area (Å²) in [5.74, 6) is -1.64. The van der Waals surface area contributed by atoms with Crippen molar-refractivity contribution in [2.45, 2.75) is 30.9 Å². The number of nitrogens with two attached hydrogens (primary N) is 1. The maximum absolute atomic E-state index is 14.7. The molecule has 3 aromatic rings. The van der Waals surface area contributed by atoms with Crippen molar-refractivity contribution in [1.29, 1.82) is 0 Å². The van der Waals surface area contributed by atoms with Gasteiger partial charge in [-0.25, -0.2) is 14.4 Å². The van der Waals surface area contributed by atoms with Gasteiger partial charge in [-0.15, -0.1) is 0 Å². The number of alkyl halides is 3. The first-order chi connectivity index (χ1) is 18.1. The molecule has 14 heteroatoms. The number of carbonyl (C=O) groups is 1. The van der Waals surface area contributed by atoms with Crippen molar-refractivity contribution in [1.82, 2.24) is 15.1 Å². The van der Waals surface area contributed by atoms with Crippen LogP contribution in [-0.4, -0.2) is 51.7 Å². The minimum absolute atomic E-state index is 0.0722. The molecule has 0 saturated heterocycles. The molecule has 4 rings (SSSR count).